The average Bonchev–Trinajstić information content (AvgIpc) is 2.72. The van der Waals surface area contributed by atoms with Crippen LogP contribution in [0.15, 0.2) is 42.5 Å². The molecule has 1 N–H and O–H groups in total. The number of hydrogen-bond acceptors (Lipinski definition) is 6. The summed E-state index contributed by atoms with van der Waals surface area (Å²) >= 11 is 0. The third-order valence-electron chi connectivity index (χ3n) is 4.42. The summed E-state index contributed by atoms with van der Waals surface area (Å²) in [4.78, 5) is 36.9. The molecule has 0 spiro atoms. The molecule has 2 amide bonds. The van der Waals surface area contributed by atoms with Gasteiger partial charge in [0, 0.05) is 29.9 Å². The molecule has 9 heteroatoms. The van der Waals surface area contributed by atoms with E-state index >= 15 is 0 Å². The lowest BCUT2D eigenvalue weighted by atomic mass is 10.1. The zero-order chi connectivity index (χ0) is 20.8. The molecule has 29 heavy (non-hydrogen) atoms. The van der Waals surface area contributed by atoms with Gasteiger partial charge in [-0.3, -0.25) is 19.7 Å². The predicted molar refractivity (Wildman–Crippen MR) is 105 cm³/mol. The summed E-state index contributed by atoms with van der Waals surface area (Å²) < 4.78 is 10.9. The first-order valence-corrected chi connectivity index (χ1v) is 9.17. The van der Waals surface area contributed by atoms with Crippen LogP contribution in [0.4, 0.5) is 11.4 Å². The molecular formula is C20H21N3O6. The number of nitro groups is 1. The smallest absolute Gasteiger partial charge is 0.273 e. The van der Waals surface area contributed by atoms with E-state index < -0.39 is 4.92 Å². The number of amides is 2. The summed E-state index contributed by atoms with van der Waals surface area (Å²) in [5, 5.41) is 13.9. The van der Waals surface area contributed by atoms with Crippen molar-refractivity contribution < 1.29 is 24.0 Å². The molecule has 2 aromatic carbocycles. The highest BCUT2D eigenvalue weighted by atomic mass is 16.6. The van der Waals surface area contributed by atoms with E-state index in [9.17, 15) is 19.7 Å². The van der Waals surface area contributed by atoms with E-state index in [1.165, 1.54) is 11.0 Å². The molecule has 1 heterocycles. The number of rotatable bonds is 7. The minimum atomic E-state index is -0.520. The summed E-state index contributed by atoms with van der Waals surface area (Å²) in [7, 11) is 0. The summed E-state index contributed by atoms with van der Waals surface area (Å²) in [6.07, 6.45) is -0.150. The second-order valence-corrected chi connectivity index (χ2v) is 6.38. The molecule has 0 saturated heterocycles. The van der Waals surface area contributed by atoms with Crippen LogP contribution in [0.3, 0.4) is 0 Å². The predicted octanol–water partition coefficient (Wildman–Crippen LogP) is 2.40. The number of anilines is 1. The van der Waals surface area contributed by atoms with Crippen molar-refractivity contribution >= 4 is 23.2 Å². The van der Waals surface area contributed by atoms with Crippen LogP contribution >= 0.6 is 0 Å². The van der Waals surface area contributed by atoms with Crippen LogP contribution in [0.1, 0.15) is 12.5 Å². The Hall–Kier alpha value is -3.62. The number of nitrogens with one attached hydrogen (secondary N) is 1. The van der Waals surface area contributed by atoms with Crippen molar-refractivity contribution in [3.8, 4) is 11.5 Å². The number of benzene rings is 2. The van der Waals surface area contributed by atoms with Crippen LogP contribution in [0, 0.1) is 10.1 Å². The van der Waals surface area contributed by atoms with E-state index in [0.717, 1.165) is 0 Å². The first-order valence-electron chi connectivity index (χ1n) is 9.17. The lowest BCUT2D eigenvalue weighted by Gasteiger charge is -2.21. The molecule has 2 aromatic rings. The Morgan fingerprint density at radius 3 is 2.59 bits per heavy atom. The number of para-hydroxylation sites is 1. The number of nitrogens with zero attached hydrogens (tertiary/aromatic N) is 2. The van der Waals surface area contributed by atoms with Gasteiger partial charge >= 0.3 is 0 Å². The largest absolute Gasteiger partial charge is 0.486 e. The number of nitro benzene ring substituents is 1. The fourth-order valence-electron chi connectivity index (χ4n) is 2.98. The van der Waals surface area contributed by atoms with Crippen LogP contribution in [-0.4, -0.2) is 47.9 Å². The Balaban J connectivity index is 1.62. The van der Waals surface area contributed by atoms with Crippen LogP contribution < -0.4 is 14.8 Å². The lowest BCUT2D eigenvalue weighted by Crippen LogP contribution is -2.38. The molecule has 0 unspecified atom stereocenters. The van der Waals surface area contributed by atoms with Gasteiger partial charge in [0.15, 0.2) is 11.5 Å². The second kappa shape index (κ2) is 9.05. The third-order valence-corrected chi connectivity index (χ3v) is 4.42. The van der Waals surface area contributed by atoms with Crippen molar-refractivity contribution in [3.05, 3.63) is 58.1 Å². The van der Waals surface area contributed by atoms with Crippen LogP contribution in [0.25, 0.3) is 0 Å². The molecule has 152 valence electrons. The van der Waals surface area contributed by atoms with Crippen molar-refractivity contribution in [2.24, 2.45) is 0 Å². The maximum absolute atomic E-state index is 12.6. The Kier molecular flexibility index (Phi) is 6.28. The minimum Gasteiger partial charge on any atom is -0.486 e. The van der Waals surface area contributed by atoms with E-state index in [0.29, 0.717) is 42.5 Å². The molecule has 0 atom stereocenters. The van der Waals surface area contributed by atoms with Crippen LogP contribution in [0.2, 0.25) is 0 Å². The van der Waals surface area contributed by atoms with E-state index in [-0.39, 0.29) is 30.5 Å². The lowest BCUT2D eigenvalue weighted by molar-refractivity contribution is -0.385. The third kappa shape index (κ3) is 5.01. The van der Waals surface area contributed by atoms with E-state index in [4.69, 9.17) is 9.47 Å². The standard InChI is InChI=1S/C20H21N3O6/c1-2-22(20(25)11-14-5-3-4-6-16(14)23(26)27)13-19(24)21-15-7-8-17-18(12-15)29-10-9-28-17/h3-8,12H,2,9-11,13H2,1H3,(H,21,24). The molecule has 9 nitrogen and oxygen atoms in total. The van der Waals surface area contributed by atoms with Gasteiger partial charge in [0.1, 0.15) is 13.2 Å². The van der Waals surface area contributed by atoms with E-state index in [2.05, 4.69) is 5.32 Å². The van der Waals surface area contributed by atoms with E-state index in [1.54, 1.807) is 43.3 Å². The SMILES string of the molecule is CCN(CC(=O)Nc1ccc2c(c1)OCCO2)C(=O)Cc1ccccc1[N+](=O)[O-]. The first-order chi connectivity index (χ1) is 14.0. The number of fused-ring (bicyclic) bond motifs is 1. The fraction of sp³-hybridized carbons (Fsp3) is 0.300. The van der Waals surface area contributed by atoms with Gasteiger partial charge in [-0.15, -0.1) is 0 Å². The molecular weight excluding hydrogens is 378 g/mol. The van der Waals surface area contributed by atoms with Crippen LogP contribution in [-0.2, 0) is 16.0 Å². The van der Waals surface area contributed by atoms with Gasteiger partial charge in [0.2, 0.25) is 11.8 Å². The summed E-state index contributed by atoms with van der Waals surface area (Å²) in [5.74, 6) is 0.427. The molecule has 1 aliphatic rings. The van der Waals surface area contributed by atoms with Gasteiger partial charge < -0.3 is 19.7 Å². The maximum atomic E-state index is 12.6. The summed E-state index contributed by atoms with van der Waals surface area (Å²) in [6, 6.07) is 11.1. The molecule has 0 radical (unpaired) electrons. The Morgan fingerprint density at radius 1 is 1.14 bits per heavy atom. The highest BCUT2D eigenvalue weighted by molar-refractivity contribution is 5.95. The van der Waals surface area contributed by atoms with E-state index in [1.807, 2.05) is 0 Å². The van der Waals surface area contributed by atoms with Gasteiger partial charge in [-0.2, -0.15) is 0 Å². The van der Waals surface area contributed by atoms with Gasteiger partial charge in [-0.05, 0) is 19.1 Å². The van der Waals surface area contributed by atoms with Crippen molar-refractivity contribution in [1.82, 2.24) is 4.90 Å². The number of likely N-dealkylation sites (N-methyl/N-ethyl adjacent to an activating group) is 1. The average molecular weight is 399 g/mol. The van der Waals surface area contributed by atoms with Crippen molar-refractivity contribution in [1.29, 1.82) is 0 Å². The van der Waals surface area contributed by atoms with Crippen molar-refractivity contribution in [2.75, 3.05) is 31.6 Å². The normalized spacial score (nSPS) is 12.2. The van der Waals surface area contributed by atoms with Gasteiger partial charge in [0.25, 0.3) is 5.69 Å². The monoisotopic (exact) mass is 399 g/mol. The zero-order valence-electron chi connectivity index (χ0n) is 15.9. The number of carbonyl (C=O) groups is 2. The van der Waals surface area contributed by atoms with Gasteiger partial charge in [-0.25, -0.2) is 0 Å². The Bertz CT molecular complexity index is 930. The highest BCUT2D eigenvalue weighted by Crippen LogP contribution is 2.32. The fourth-order valence-corrected chi connectivity index (χ4v) is 2.98. The maximum Gasteiger partial charge on any atom is 0.273 e. The first kappa shape index (κ1) is 20.1. The number of ether oxygens (including phenoxy) is 2. The zero-order valence-corrected chi connectivity index (χ0v) is 15.9. The van der Waals surface area contributed by atoms with Gasteiger partial charge in [0.05, 0.1) is 17.9 Å². The van der Waals surface area contributed by atoms with Crippen molar-refractivity contribution in [2.45, 2.75) is 13.3 Å². The van der Waals surface area contributed by atoms with Crippen molar-refractivity contribution in [3.63, 3.8) is 0 Å². The second-order valence-electron chi connectivity index (χ2n) is 6.38. The summed E-state index contributed by atoms with van der Waals surface area (Å²) in [6.45, 7) is 2.80. The van der Waals surface area contributed by atoms with Gasteiger partial charge in [-0.1, -0.05) is 18.2 Å². The topological polar surface area (TPSA) is 111 Å². The Morgan fingerprint density at radius 2 is 1.86 bits per heavy atom. The number of carbonyl (C=O) groups excluding carboxylic acids is 2. The molecule has 0 bridgehead atoms. The van der Waals surface area contributed by atoms with Crippen LogP contribution in [0.5, 0.6) is 11.5 Å². The summed E-state index contributed by atoms with van der Waals surface area (Å²) in [5.41, 5.74) is 0.729. The Labute approximate surface area is 167 Å². The highest BCUT2D eigenvalue weighted by Gasteiger charge is 2.21. The molecule has 3 rings (SSSR count). The molecule has 1 aliphatic heterocycles. The molecule has 0 fully saturated rings. The quantitative estimate of drug-likeness (QED) is 0.565. The molecule has 0 aliphatic carbocycles. The minimum absolute atomic E-state index is 0.113. The molecule has 0 aromatic heterocycles. The number of hydrogen-bond donors (Lipinski definition) is 1. The molecule has 0 saturated carbocycles.